The van der Waals surface area contributed by atoms with E-state index in [1.54, 1.807) is 37.7 Å². The van der Waals surface area contributed by atoms with E-state index >= 15 is 0 Å². The van der Waals surface area contributed by atoms with Crippen LogP contribution in [-0.2, 0) is 11.3 Å². The maximum Gasteiger partial charge on any atom is 0.266 e. The predicted molar refractivity (Wildman–Crippen MR) is 97.3 cm³/mol. The first-order chi connectivity index (χ1) is 12.7. The van der Waals surface area contributed by atoms with Gasteiger partial charge in [0.05, 0.1) is 13.2 Å². The number of hydrogen-bond acceptors (Lipinski definition) is 6. The topological polar surface area (TPSA) is 89.3 Å². The van der Waals surface area contributed by atoms with Crippen LogP contribution in [0.5, 0.6) is 0 Å². The lowest BCUT2D eigenvalue weighted by atomic mass is 10.1. The summed E-state index contributed by atoms with van der Waals surface area (Å²) in [6, 6.07) is 6.69. The van der Waals surface area contributed by atoms with Crippen molar-refractivity contribution in [2.45, 2.75) is 25.4 Å². The second-order valence-corrected chi connectivity index (χ2v) is 6.24. The van der Waals surface area contributed by atoms with Crippen LogP contribution in [0.2, 0.25) is 0 Å². The number of aromatic nitrogens is 3. The summed E-state index contributed by atoms with van der Waals surface area (Å²) < 4.78 is 6.44. The summed E-state index contributed by atoms with van der Waals surface area (Å²) in [5, 5.41) is 7.50. The molecule has 0 saturated carbocycles. The Morgan fingerprint density at radius 2 is 2.12 bits per heavy atom. The molecule has 3 heterocycles. The van der Waals surface area contributed by atoms with Gasteiger partial charge in [-0.3, -0.25) is 14.6 Å². The molecule has 3 rings (SSSR count). The number of carbonyl (C=O) groups excluding carboxylic acids is 1. The van der Waals surface area contributed by atoms with Gasteiger partial charge < -0.3 is 15.0 Å². The van der Waals surface area contributed by atoms with Crippen molar-refractivity contribution in [3.05, 3.63) is 52.6 Å². The minimum absolute atomic E-state index is 0.0329. The van der Waals surface area contributed by atoms with Gasteiger partial charge in [-0.2, -0.15) is 5.10 Å². The van der Waals surface area contributed by atoms with Crippen LogP contribution in [0.1, 0.15) is 23.2 Å². The molecule has 0 aliphatic carbocycles. The summed E-state index contributed by atoms with van der Waals surface area (Å²) in [6.45, 7) is 2.35. The Morgan fingerprint density at radius 1 is 1.31 bits per heavy atom. The van der Waals surface area contributed by atoms with Crippen molar-refractivity contribution in [3.8, 4) is 0 Å². The summed E-state index contributed by atoms with van der Waals surface area (Å²) in [5.74, 6) is 0.640. The van der Waals surface area contributed by atoms with Gasteiger partial charge in [-0.1, -0.05) is 0 Å². The van der Waals surface area contributed by atoms with Crippen molar-refractivity contribution in [2.75, 3.05) is 31.7 Å². The van der Waals surface area contributed by atoms with Crippen molar-refractivity contribution in [1.29, 1.82) is 0 Å². The number of ether oxygens (including phenoxy) is 1. The van der Waals surface area contributed by atoms with Gasteiger partial charge >= 0.3 is 0 Å². The lowest BCUT2D eigenvalue weighted by Crippen LogP contribution is -2.48. The lowest BCUT2D eigenvalue weighted by Gasteiger charge is -2.34. The Kier molecular flexibility index (Phi) is 5.96. The molecule has 8 heteroatoms. The summed E-state index contributed by atoms with van der Waals surface area (Å²) in [5.41, 5.74) is 0.453. The molecule has 1 fully saturated rings. The highest BCUT2D eigenvalue weighted by atomic mass is 16.5. The SMILES string of the molecule is COCCn1nc(N2CCCC(NC(=O)c3ccncc3)C2)ccc1=O. The highest BCUT2D eigenvalue weighted by Crippen LogP contribution is 2.17. The first-order valence-corrected chi connectivity index (χ1v) is 8.70. The van der Waals surface area contributed by atoms with Crippen LogP contribution in [0.15, 0.2) is 41.5 Å². The Hall–Kier alpha value is -2.74. The molecule has 1 saturated heterocycles. The van der Waals surface area contributed by atoms with Crippen LogP contribution in [-0.4, -0.2) is 53.5 Å². The van der Waals surface area contributed by atoms with E-state index in [0.29, 0.717) is 25.3 Å². The monoisotopic (exact) mass is 357 g/mol. The van der Waals surface area contributed by atoms with Gasteiger partial charge in [-0.25, -0.2) is 4.68 Å². The second-order valence-electron chi connectivity index (χ2n) is 6.24. The number of nitrogens with zero attached hydrogens (tertiary/aromatic N) is 4. The van der Waals surface area contributed by atoms with Crippen molar-refractivity contribution >= 4 is 11.7 Å². The average Bonchev–Trinajstić information content (AvgIpc) is 2.68. The van der Waals surface area contributed by atoms with Gasteiger partial charge in [0, 0.05) is 50.3 Å². The highest BCUT2D eigenvalue weighted by Gasteiger charge is 2.23. The Morgan fingerprint density at radius 3 is 2.88 bits per heavy atom. The summed E-state index contributed by atoms with van der Waals surface area (Å²) in [6.07, 6.45) is 5.07. The second kappa shape index (κ2) is 8.57. The third kappa shape index (κ3) is 4.45. The number of hydrogen-bond donors (Lipinski definition) is 1. The first kappa shape index (κ1) is 18.1. The largest absolute Gasteiger partial charge is 0.383 e. The van der Waals surface area contributed by atoms with Gasteiger partial charge in [0.1, 0.15) is 5.82 Å². The summed E-state index contributed by atoms with van der Waals surface area (Å²) in [4.78, 5) is 30.3. The van der Waals surface area contributed by atoms with E-state index in [1.807, 2.05) is 0 Å². The zero-order valence-electron chi connectivity index (χ0n) is 14.8. The molecule has 0 radical (unpaired) electrons. The maximum atomic E-state index is 12.3. The van der Waals surface area contributed by atoms with E-state index in [2.05, 4.69) is 20.3 Å². The Balaban J connectivity index is 1.66. The zero-order valence-corrected chi connectivity index (χ0v) is 14.8. The number of anilines is 1. The summed E-state index contributed by atoms with van der Waals surface area (Å²) in [7, 11) is 1.59. The quantitative estimate of drug-likeness (QED) is 0.818. The maximum absolute atomic E-state index is 12.3. The Bertz CT molecular complexity index is 793. The molecular weight excluding hydrogens is 334 g/mol. The van der Waals surface area contributed by atoms with Crippen LogP contribution in [0.3, 0.4) is 0 Å². The normalized spacial score (nSPS) is 17.1. The fourth-order valence-electron chi connectivity index (χ4n) is 3.02. The fourth-order valence-corrected chi connectivity index (χ4v) is 3.02. The number of pyridine rings is 1. The van der Waals surface area contributed by atoms with E-state index in [9.17, 15) is 9.59 Å². The molecule has 8 nitrogen and oxygen atoms in total. The van der Waals surface area contributed by atoms with Crippen molar-refractivity contribution < 1.29 is 9.53 Å². The minimum atomic E-state index is -0.148. The molecule has 2 aromatic rings. The number of carbonyl (C=O) groups is 1. The van der Waals surface area contributed by atoms with E-state index in [4.69, 9.17) is 4.74 Å². The number of methoxy groups -OCH3 is 1. The number of rotatable bonds is 6. The van der Waals surface area contributed by atoms with E-state index in [0.717, 1.165) is 25.2 Å². The van der Waals surface area contributed by atoms with Gasteiger partial charge in [0.15, 0.2) is 0 Å². The fraction of sp³-hybridized carbons (Fsp3) is 0.444. The molecule has 1 N–H and O–H groups in total. The van der Waals surface area contributed by atoms with Gasteiger partial charge in [-0.15, -0.1) is 0 Å². The molecule has 0 aromatic carbocycles. The third-order valence-corrected chi connectivity index (χ3v) is 4.38. The van der Waals surface area contributed by atoms with Crippen LogP contribution in [0.25, 0.3) is 0 Å². The molecule has 1 amide bonds. The van der Waals surface area contributed by atoms with Gasteiger partial charge in [-0.05, 0) is 31.0 Å². The number of piperidine rings is 1. The van der Waals surface area contributed by atoms with Crippen LogP contribution in [0.4, 0.5) is 5.82 Å². The molecule has 2 aromatic heterocycles. The lowest BCUT2D eigenvalue weighted by molar-refractivity contribution is 0.0933. The van der Waals surface area contributed by atoms with E-state index < -0.39 is 0 Å². The Labute approximate surface area is 151 Å². The molecule has 1 unspecified atom stereocenters. The standard InChI is InChI=1S/C18H23N5O3/c1-26-12-11-23-17(24)5-4-16(21-23)22-10-2-3-15(13-22)20-18(25)14-6-8-19-9-7-14/h4-9,15H,2-3,10-13H2,1H3,(H,20,25). The molecular formula is C18H23N5O3. The van der Waals surface area contributed by atoms with Crippen LogP contribution >= 0.6 is 0 Å². The third-order valence-electron chi connectivity index (χ3n) is 4.38. The summed E-state index contributed by atoms with van der Waals surface area (Å²) >= 11 is 0. The van der Waals surface area contributed by atoms with Crippen LogP contribution in [0, 0.1) is 0 Å². The average molecular weight is 357 g/mol. The highest BCUT2D eigenvalue weighted by molar-refractivity contribution is 5.94. The number of nitrogens with one attached hydrogen (secondary N) is 1. The first-order valence-electron chi connectivity index (χ1n) is 8.70. The smallest absolute Gasteiger partial charge is 0.266 e. The minimum Gasteiger partial charge on any atom is -0.383 e. The molecule has 1 atom stereocenters. The van der Waals surface area contributed by atoms with E-state index in [1.165, 1.54) is 10.7 Å². The van der Waals surface area contributed by atoms with Gasteiger partial charge in [0.2, 0.25) is 0 Å². The molecule has 0 bridgehead atoms. The van der Waals surface area contributed by atoms with E-state index in [-0.39, 0.29) is 17.5 Å². The number of amides is 1. The van der Waals surface area contributed by atoms with Crippen LogP contribution < -0.4 is 15.8 Å². The molecule has 1 aliphatic rings. The van der Waals surface area contributed by atoms with Gasteiger partial charge in [0.25, 0.3) is 11.5 Å². The predicted octanol–water partition coefficient (Wildman–Crippen LogP) is 0.683. The van der Waals surface area contributed by atoms with Crippen molar-refractivity contribution in [2.24, 2.45) is 0 Å². The van der Waals surface area contributed by atoms with Crippen molar-refractivity contribution in [3.63, 3.8) is 0 Å². The molecule has 138 valence electrons. The van der Waals surface area contributed by atoms with Crippen molar-refractivity contribution in [1.82, 2.24) is 20.1 Å². The molecule has 0 spiro atoms. The zero-order chi connectivity index (χ0) is 18.4. The molecule has 26 heavy (non-hydrogen) atoms. The molecule has 1 aliphatic heterocycles.